The van der Waals surface area contributed by atoms with Crippen molar-refractivity contribution in [2.75, 3.05) is 0 Å². The summed E-state index contributed by atoms with van der Waals surface area (Å²) in [5, 5.41) is 1.58. The molecule has 1 aromatic carbocycles. The van der Waals surface area contributed by atoms with E-state index in [0.717, 1.165) is 5.92 Å². The van der Waals surface area contributed by atoms with Gasteiger partial charge in [0.2, 0.25) is 10.5 Å². The second-order valence-corrected chi connectivity index (χ2v) is 5.86. The van der Waals surface area contributed by atoms with Gasteiger partial charge in [0.15, 0.2) is 0 Å². The summed E-state index contributed by atoms with van der Waals surface area (Å²) in [6.07, 6.45) is 7.05. The Balaban J connectivity index is 2.05. The van der Waals surface area contributed by atoms with Crippen molar-refractivity contribution in [1.82, 2.24) is 0 Å². The van der Waals surface area contributed by atoms with Crippen LogP contribution in [-0.4, -0.2) is 0 Å². The van der Waals surface area contributed by atoms with Gasteiger partial charge < -0.3 is 0 Å². The summed E-state index contributed by atoms with van der Waals surface area (Å²) in [6, 6.07) is 8.76. The molecule has 0 amide bonds. The summed E-state index contributed by atoms with van der Waals surface area (Å²) in [5.74, 6) is 0.816. The zero-order valence-corrected chi connectivity index (χ0v) is 10.6. The highest BCUT2D eigenvalue weighted by atomic mass is 32.1. The lowest BCUT2D eigenvalue weighted by molar-refractivity contribution is -0.649. The van der Waals surface area contributed by atoms with Gasteiger partial charge >= 0.3 is 0 Å². The van der Waals surface area contributed by atoms with Crippen LogP contribution >= 0.6 is 11.3 Å². The first-order valence-corrected chi connectivity index (χ1v) is 7.05. The molecule has 1 saturated carbocycles. The second kappa shape index (κ2) is 4.17. The average molecular weight is 232 g/mol. The fourth-order valence-corrected chi connectivity index (χ4v) is 4.15. The first-order valence-electron chi connectivity index (χ1n) is 6.24. The lowest BCUT2D eigenvalue weighted by Crippen LogP contribution is -2.32. The number of para-hydroxylation sites is 1. The molecule has 0 saturated heterocycles. The molecule has 0 bridgehead atoms. The van der Waals surface area contributed by atoms with Crippen molar-refractivity contribution in [1.29, 1.82) is 0 Å². The van der Waals surface area contributed by atoms with Gasteiger partial charge in [0.05, 0.1) is 5.92 Å². The Kier molecular flexibility index (Phi) is 2.68. The van der Waals surface area contributed by atoms with Crippen molar-refractivity contribution < 1.29 is 4.57 Å². The zero-order chi connectivity index (χ0) is 11.0. The van der Waals surface area contributed by atoms with Crippen LogP contribution in [-0.2, 0) is 7.05 Å². The van der Waals surface area contributed by atoms with Crippen molar-refractivity contribution in [2.24, 2.45) is 7.05 Å². The molecule has 1 aliphatic carbocycles. The predicted molar refractivity (Wildman–Crippen MR) is 68.8 cm³/mol. The molecule has 2 aromatic rings. The normalized spacial score (nSPS) is 18.1. The Morgan fingerprint density at radius 2 is 1.88 bits per heavy atom. The van der Waals surface area contributed by atoms with Gasteiger partial charge in [-0.05, 0) is 18.9 Å². The van der Waals surface area contributed by atoms with Crippen LogP contribution in [0, 0.1) is 0 Å². The summed E-state index contributed by atoms with van der Waals surface area (Å²) in [4.78, 5) is 0. The molecule has 0 atom stereocenters. The van der Waals surface area contributed by atoms with Gasteiger partial charge in [-0.3, -0.25) is 0 Å². The first-order chi connectivity index (χ1) is 7.86. The molecule has 0 spiro atoms. The van der Waals surface area contributed by atoms with E-state index in [9.17, 15) is 0 Å². The monoisotopic (exact) mass is 232 g/mol. The van der Waals surface area contributed by atoms with Crippen molar-refractivity contribution in [3.05, 3.63) is 29.3 Å². The molecular formula is C14H18NS+. The van der Waals surface area contributed by atoms with Crippen LogP contribution in [0.3, 0.4) is 0 Å². The number of benzene rings is 1. The van der Waals surface area contributed by atoms with Crippen molar-refractivity contribution >= 4 is 21.6 Å². The van der Waals surface area contributed by atoms with Crippen LogP contribution in [0.15, 0.2) is 24.3 Å². The number of thiazole rings is 1. The van der Waals surface area contributed by atoms with E-state index in [2.05, 4.69) is 35.9 Å². The molecule has 16 heavy (non-hydrogen) atoms. The molecule has 0 unspecified atom stereocenters. The van der Waals surface area contributed by atoms with E-state index < -0.39 is 0 Å². The fraction of sp³-hybridized carbons (Fsp3) is 0.500. The molecule has 1 heterocycles. The summed E-state index contributed by atoms with van der Waals surface area (Å²) in [5.41, 5.74) is 1.40. The minimum Gasteiger partial charge on any atom is -0.188 e. The predicted octanol–water partition coefficient (Wildman–Crippen LogP) is 3.77. The van der Waals surface area contributed by atoms with Crippen LogP contribution in [0.5, 0.6) is 0 Å². The molecule has 84 valence electrons. The number of nitrogens with zero attached hydrogens (tertiary/aromatic N) is 1. The number of hydrogen-bond acceptors (Lipinski definition) is 1. The van der Waals surface area contributed by atoms with E-state index in [1.54, 1.807) is 5.01 Å². The molecule has 2 heteroatoms. The molecule has 0 N–H and O–H groups in total. The Hall–Kier alpha value is -0.890. The number of rotatable bonds is 1. The van der Waals surface area contributed by atoms with Gasteiger partial charge in [-0.1, -0.05) is 42.7 Å². The average Bonchev–Trinajstić information content (AvgIpc) is 2.69. The minimum atomic E-state index is 0.816. The second-order valence-electron chi connectivity index (χ2n) is 4.80. The maximum absolute atomic E-state index is 2.41. The molecular weight excluding hydrogens is 214 g/mol. The van der Waals surface area contributed by atoms with Gasteiger partial charge in [-0.25, -0.2) is 0 Å². The molecule has 1 fully saturated rings. The number of aryl methyl sites for hydroxylation is 1. The van der Waals surface area contributed by atoms with E-state index in [1.165, 1.54) is 42.3 Å². The highest BCUT2D eigenvalue weighted by Gasteiger charge is 2.26. The van der Waals surface area contributed by atoms with Crippen LogP contribution in [0.25, 0.3) is 10.2 Å². The summed E-state index contributed by atoms with van der Waals surface area (Å²) < 4.78 is 3.85. The number of fused-ring (bicyclic) bond motifs is 1. The molecule has 0 aliphatic heterocycles. The van der Waals surface area contributed by atoms with Crippen LogP contribution < -0.4 is 4.57 Å². The van der Waals surface area contributed by atoms with Gasteiger partial charge in [0.25, 0.3) is 0 Å². The maximum Gasteiger partial charge on any atom is 0.241 e. The van der Waals surface area contributed by atoms with E-state index in [1.807, 2.05) is 11.3 Å². The molecule has 3 rings (SSSR count). The summed E-state index contributed by atoms with van der Waals surface area (Å²) in [6.45, 7) is 0. The summed E-state index contributed by atoms with van der Waals surface area (Å²) in [7, 11) is 2.22. The molecule has 0 radical (unpaired) electrons. The SMILES string of the molecule is C[n+]1c(C2CCCCC2)sc2ccccc21. The fourth-order valence-electron chi connectivity index (χ4n) is 2.83. The number of aromatic nitrogens is 1. The van der Waals surface area contributed by atoms with Gasteiger partial charge in [-0.15, -0.1) is 0 Å². The van der Waals surface area contributed by atoms with Crippen molar-refractivity contribution in [3.8, 4) is 0 Å². The van der Waals surface area contributed by atoms with Gasteiger partial charge in [0, 0.05) is 6.07 Å². The third-order valence-corrected chi connectivity index (χ3v) is 5.11. The van der Waals surface area contributed by atoms with Crippen LogP contribution in [0.1, 0.15) is 43.0 Å². The highest BCUT2D eigenvalue weighted by Crippen LogP contribution is 2.35. The maximum atomic E-state index is 2.41. The standard InChI is InChI=1S/C14H18NS/c1-15-12-9-5-6-10-13(12)16-14(15)11-7-3-2-4-8-11/h5-6,9-11H,2-4,7-8H2,1H3/q+1. The molecule has 1 aliphatic rings. The minimum absolute atomic E-state index is 0.816. The first kappa shape index (κ1) is 10.3. The van der Waals surface area contributed by atoms with Crippen LogP contribution in [0.2, 0.25) is 0 Å². The Morgan fingerprint density at radius 3 is 2.62 bits per heavy atom. The highest BCUT2D eigenvalue weighted by molar-refractivity contribution is 7.18. The van der Waals surface area contributed by atoms with Crippen molar-refractivity contribution in [3.63, 3.8) is 0 Å². The largest absolute Gasteiger partial charge is 0.241 e. The van der Waals surface area contributed by atoms with E-state index in [-0.39, 0.29) is 0 Å². The quantitative estimate of drug-likeness (QED) is 0.659. The summed E-state index contributed by atoms with van der Waals surface area (Å²) >= 11 is 1.99. The molecule has 1 aromatic heterocycles. The topological polar surface area (TPSA) is 3.88 Å². The third-order valence-electron chi connectivity index (χ3n) is 3.73. The third kappa shape index (κ3) is 1.65. The van der Waals surface area contributed by atoms with Gasteiger partial charge in [-0.2, -0.15) is 4.57 Å². The smallest absolute Gasteiger partial charge is 0.188 e. The van der Waals surface area contributed by atoms with E-state index >= 15 is 0 Å². The molecule has 1 nitrogen and oxygen atoms in total. The zero-order valence-electron chi connectivity index (χ0n) is 9.78. The van der Waals surface area contributed by atoms with E-state index in [4.69, 9.17) is 0 Å². The Bertz CT molecular complexity index is 494. The number of hydrogen-bond donors (Lipinski definition) is 0. The lowest BCUT2D eigenvalue weighted by Gasteiger charge is -2.17. The van der Waals surface area contributed by atoms with Gasteiger partial charge in [0.1, 0.15) is 11.7 Å². The van der Waals surface area contributed by atoms with Crippen LogP contribution in [0.4, 0.5) is 0 Å². The van der Waals surface area contributed by atoms with Crippen molar-refractivity contribution in [2.45, 2.75) is 38.0 Å². The Morgan fingerprint density at radius 1 is 1.12 bits per heavy atom. The Labute approximate surface area is 101 Å². The van der Waals surface area contributed by atoms with E-state index in [0.29, 0.717) is 0 Å². The lowest BCUT2D eigenvalue weighted by atomic mass is 9.90.